The third-order valence-corrected chi connectivity index (χ3v) is 3.19. The second-order valence-corrected chi connectivity index (χ2v) is 6.17. The Kier molecular flexibility index (Phi) is 6.56. The van der Waals surface area contributed by atoms with Gasteiger partial charge in [-0.05, 0) is 29.5 Å². The second-order valence-electron chi connectivity index (χ2n) is 6.17. The molecule has 0 amide bonds. The molecule has 0 saturated heterocycles. The van der Waals surface area contributed by atoms with Gasteiger partial charge < -0.3 is 5.73 Å². The average Bonchev–Trinajstić information content (AvgIpc) is 2.33. The van der Waals surface area contributed by atoms with E-state index in [1.165, 1.54) is 12.1 Å². The van der Waals surface area contributed by atoms with Crippen LogP contribution in [-0.4, -0.2) is 24.5 Å². The van der Waals surface area contributed by atoms with Gasteiger partial charge in [0.15, 0.2) is 11.6 Å². The van der Waals surface area contributed by atoms with Crippen LogP contribution in [0, 0.1) is 23.5 Å². The number of hydrogen-bond donors (Lipinski definition) is 1. The van der Waals surface area contributed by atoms with E-state index in [0.29, 0.717) is 18.4 Å². The molecule has 4 heteroatoms. The summed E-state index contributed by atoms with van der Waals surface area (Å²) < 4.78 is 26.5. The van der Waals surface area contributed by atoms with Crippen molar-refractivity contribution in [3.8, 4) is 0 Å². The van der Waals surface area contributed by atoms with Gasteiger partial charge in [0.25, 0.3) is 0 Å². The Labute approximate surface area is 121 Å². The fourth-order valence-electron chi connectivity index (χ4n) is 2.48. The SMILES string of the molecule is CC(C)CN(CC(C)C)C(CN)c1ccc(F)c(F)c1. The monoisotopic (exact) mass is 284 g/mol. The molecule has 1 unspecified atom stereocenters. The molecule has 0 heterocycles. The highest BCUT2D eigenvalue weighted by atomic mass is 19.2. The van der Waals surface area contributed by atoms with Crippen LogP contribution in [0.25, 0.3) is 0 Å². The van der Waals surface area contributed by atoms with E-state index in [9.17, 15) is 8.78 Å². The molecular weight excluding hydrogens is 258 g/mol. The summed E-state index contributed by atoms with van der Waals surface area (Å²) in [6.07, 6.45) is 0. The Balaban J connectivity index is 3.01. The van der Waals surface area contributed by atoms with Crippen LogP contribution in [0.15, 0.2) is 18.2 Å². The van der Waals surface area contributed by atoms with Gasteiger partial charge in [-0.2, -0.15) is 0 Å². The number of hydrogen-bond acceptors (Lipinski definition) is 2. The van der Waals surface area contributed by atoms with E-state index in [-0.39, 0.29) is 6.04 Å². The van der Waals surface area contributed by atoms with Crippen molar-refractivity contribution in [2.45, 2.75) is 33.7 Å². The third kappa shape index (κ3) is 4.84. The van der Waals surface area contributed by atoms with Crippen molar-refractivity contribution in [2.75, 3.05) is 19.6 Å². The van der Waals surface area contributed by atoms with Crippen molar-refractivity contribution >= 4 is 0 Å². The first-order valence-corrected chi connectivity index (χ1v) is 7.24. The van der Waals surface area contributed by atoms with Gasteiger partial charge in [-0.15, -0.1) is 0 Å². The fourth-order valence-corrected chi connectivity index (χ4v) is 2.48. The standard InChI is InChI=1S/C16H26F2N2/c1-11(2)9-20(10-12(3)4)16(8-19)13-5-6-14(17)15(18)7-13/h5-7,11-12,16H,8-10,19H2,1-4H3. The second kappa shape index (κ2) is 7.70. The van der Waals surface area contributed by atoms with E-state index in [2.05, 4.69) is 32.6 Å². The normalized spacial score (nSPS) is 13.5. The largest absolute Gasteiger partial charge is 0.329 e. The van der Waals surface area contributed by atoms with Gasteiger partial charge in [0.2, 0.25) is 0 Å². The summed E-state index contributed by atoms with van der Waals surface area (Å²) in [7, 11) is 0. The third-order valence-electron chi connectivity index (χ3n) is 3.19. The molecule has 0 saturated carbocycles. The molecule has 2 nitrogen and oxygen atoms in total. The Morgan fingerprint density at radius 2 is 1.55 bits per heavy atom. The summed E-state index contributed by atoms with van der Waals surface area (Å²) in [5, 5.41) is 0. The lowest BCUT2D eigenvalue weighted by Gasteiger charge is -2.34. The summed E-state index contributed by atoms with van der Waals surface area (Å²) >= 11 is 0. The summed E-state index contributed by atoms with van der Waals surface area (Å²) in [5.41, 5.74) is 6.63. The predicted octanol–water partition coefficient (Wildman–Crippen LogP) is 3.58. The highest BCUT2D eigenvalue weighted by molar-refractivity contribution is 5.22. The highest BCUT2D eigenvalue weighted by Crippen LogP contribution is 2.23. The van der Waals surface area contributed by atoms with Gasteiger partial charge >= 0.3 is 0 Å². The molecule has 0 bridgehead atoms. The van der Waals surface area contributed by atoms with E-state index < -0.39 is 11.6 Å². The fraction of sp³-hybridized carbons (Fsp3) is 0.625. The summed E-state index contributed by atoms with van der Waals surface area (Å²) in [6.45, 7) is 10.7. The van der Waals surface area contributed by atoms with Crippen LogP contribution in [-0.2, 0) is 0 Å². The number of benzene rings is 1. The predicted molar refractivity (Wildman–Crippen MR) is 79.4 cm³/mol. The Bertz CT molecular complexity index is 409. The Morgan fingerprint density at radius 1 is 1.00 bits per heavy atom. The average molecular weight is 284 g/mol. The Hall–Kier alpha value is -1.00. The van der Waals surface area contributed by atoms with Gasteiger partial charge in [0.05, 0.1) is 0 Å². The van der Waals surface area contributed by atoms with Gasteiger partial charge in [-0.1, -0.05) is 33.8 Å². The molecule has 0 aliphatic carbocycles. The van der Waals surface area contributed by atoms with Crippen molar-refractivity contribution in [2.24, 2.45) is 17.6 Å². The van der Waals surface area contributed by atoms with E-state index in [0.717, 1.165) is 18.7 Å². The number of halogens is 2. The maximum absolute atomic E-state index is 13.4. The lowest BCUT2D eigenvalue weighted by atomic mass is 10.0. The topological polar surface area (TPSA) is 29.3 Å². The molecule has 0 fully saturated rings. The smallest absolute Gasteiger partial charge is 0.159 e. The lowest BCUT2D eigenvalue weighted by molar-refractivity contribution is 0.160. The zero-order valence-electron chi connectivity index (χ0n) is 12.9. The molecule has 1 aromatic carbocycles. The molecule has 114 valence electrons. The van der Waals surface area contributed by atoms with Gasteiger partial charge in [-0.25, -0.2) is 8.78 Å². The maximum atomic E-state index is 13.4. The van der Waals surface area contributed by atoms with Crippen LogP contribution >= 0.6 is 0 Å². The van der Waals surface area contributed by atoms with Gasteiger partial charge in [0.1, 0.15) is 0 Å². The van der Waals surface area contributed by atoms with E-state index in [1.807, 2.05) is 0 Å². The van der Waals surface area contributed by atoms with Crippen molar-refractivity contribution < 1.29 is 8.78 Å². The van der Waals surface area contributed by atoms with Crippen LogP contribution in [0.1, 0.15) is 39.3 Å². The van der Waals surface area contributed by atoms with E-state index in [4.69, 9.17) is 5.73 Å². The summed E-state index contributed by atoms with van der Waals surface area (Å²) in [4.78, 5) is 2.27. The molecule has 2 N–H and O–H groups in total. The molecule has 0 spiro atoms. The van der Waals surface area contributed by atoms with Gasteiger partial charge in [-0.3, -0.25) is 4.90 Å². The molecule has 1 aromatic rings. The number of nitrogens with zero attached hydrogens (tertiary/aromatic N) is 1. The molecule has 0 aliphatic rings. The molecular formula is C16H26F2N2. The van der Waals surface area contributed by atoms with Crippen LogP contribution in [0.4, 0.5) is 8.78 Å². The molecule has 1 rings (SSSR count). The van der Waals surface area contributed by atoms with Crippen LogP contribution in [0.3, 0.4) is 0 Å². The minimum Gasteiger partial charge on any atom is -0.329 e. The molecule has 0 radical (unpaired) electrons. The first-order chi connectivity index (χ1) is 9.35. The summed E-state index contributed by atoms with van der Waals surface area (Å²) in [6, 6.07) is 4.00. The minimum atomic E-state index is -0.816. The molecule has 1 atom stereocenters. The van der Waals surface area contributed by atoms with Crippen LogP contribution in [0.2, 0.25) is 0 Å². The number of rotatable bonds is 7. The van der Waals surface area contributed by atoms with E-state index in [1.54, 1.807) is 6.07 Å². The van der Waals surface area contributed by atoms with Crippen molar-refractivity contribution in [1.29, 1.82) is 0 Å². The summed E-state index contributed by atoms with van der Waals surface area (Å²) in [5.74, 6) is -0.639. The van der Waals surface area contributed by atoms with Crippen LogP contribution < -0.4 is 5.73 Å². The zero-order valence-corrected chi connectivity index (χ0v) is 12.9. The first-order valence-electron chi connectivity index (χ1n) is 7.24. The minimum absolute atomic E-state index is 0.0742. The van der Waals surface area contributed by atoms with Crippen molar-refractivity contribution in [1.82, 2.24) is 4.90 Å². The lowest BCUT2D eigenvalue weighted by Crippen LogP contribution is -2.38. The first kappa shape index (κ1) is 17.1. The quantitative estimate of drug-likeness (QED) is 0.829. The van der Waals surface area contributed by atoms with Crippen molar-refractivity contribution in [3.05, 3.63) is 35.4 Å². The Morgan fingerprint density at radius 3 is 1.95 bits per heavy atom. The number of nitrogens with two attached hydrogens (primary N) is 1. The zero-order chi connectivity index (χ0) is 15.3. The molecule has 0 aromatic heterocycles. The van der Waals surface area contributed by atoms with Crippen molar-refractivity contribution in [3.63, 3.8) is 0 Å². The van der Waals surface area contributed by atoms with E-state index >= 15 is 0 Å². The molecule has 0 aliphatic heterocycles. The molecule has 20 heavy (non-hydrogen) atoms. The van der Waals surface area contributed by atoms with Crippen LogP contribution in [0.5, 0.6) is 0 Å². The van der Waals surface area contributed by atoms with Gasteiger partial charge in [0, 0.05) is 25.7 Å². The highest BCUT2D eigenvalue weighted by Gasteiger charge is 2.21. The maximum Gasteiger partial charge on any atom is 0.159 e.